The molecule has 7 nitrogen and oxygen atoms in total. The summed E-state index contributed by atoms with van der Waals surface area (Å²) in [7, 11) is 3.22. The normalized spacial score (nSPS) is 12.0. The Morgan fingerprint density at radius 2 is 1.84 bits per heavy atom. The van der Waals surface area contributed by atoms with E-state index in [-0.39, 0.29) is 5.56 Å². The summed E-state index contributed by atoms with van der Waals surface area (Å²) in [6.07, 6.45) is 1.81. The fourth-order valence-corrected chi connectivity index (χ4v) is 3.90. The molecule has 8 heteroatoms. The van der Waals surface area contributed by atoms with Gasteiger partial charge in [0.05, 0.1) is 25.4 Å². The standard InChI is InChI=1S/C23H23N3O4S/c1-14(2)13-30-18-10-5-15(11-19(18)29-4)12-20-22(27)26-23(31-20)24-21(25-26)16-6-8-17(28-3)9-7-16/h5-12,14H,13H2,1-4H3/b20-12+. The first kappa shape index (κ1) is 20.9. The molecule has 0 unspecified atom stereocenters. The summed E-state index contributed by atoms with van der Waals surface area (Å²) in [5.74, 6) is 2.98. The predicted octanol–water partition coefficient (Wildman–Crippen LogP) is 3.42. The highest BCUT2D eigenvalue weighted by Crippen LogP contribution is 2.29. The second kappa shape index (κ2) is 8.77. The van der Waals surface area contributed by atoms with Crippen LogP contribution >= 0.6 is 11.3 Å². The SMILES string of the molecule is COc1ccc(-c2nc3s/c(=C/c4ccc(OCC(C)C)c(OC)c4)c(=O)n3n2)cc1. The van der Waals surface area contributed by atoms with Crippen molar-refractivity contribution >= 4 is 22.4 Å². The molecular formula is C23H23N3O4S. The van der Waals surface area contributed by atoms with Gasteiger partial charge in [0.15, 0.2) is 17.3 Å². The summed E-state index contributed by atoms with van der Waals surface area (Å²) in [5, 5.41) is 4.39. The topological polar surface area (TPSA) is 75.0 Å². The molecule has 2 heterocycles. The number of nitrogens with zero attached hydrogens (tertiary/aromatic N) is 3. The molecule has 4 aromatic rings. The zero-order valence-electron chi connectivity index (χ0n) is 17.8. The van der Waals surface area contributed by atoms with Gasteiger partial charge in [-0.15, -0.1) is 5.10 Å². The Labute approximate surface area is 183 Å². The molecule has 2 aromatic carbocycles. The number of fused-ring (bicyclic) bond motifs is 1. The van der Waals surface area contributed by atoms with Crippen LogP contribution in [0.1, 0.15) is 19.4 Å². The van der Waals surface area contributed by atoms with Gasteiger partial charge in [-0.05, 0) is 54.0 Å². The van der Waals surface area contributed by atoms with Crippen molar-refractivity contribution in [1.29, 1.82) is 0 Å². The Morgan fingerprint density at radius 3 is 2.48 bits per heavy atom. The van der Waals surface area contributed by atoms with Gasteiger partial charge >= 0.3 is 0 Å². The predicted molar refractivity (Wildman–Crippen MR) is 121 cm³/mol. The van der Waals surface area contributed by atoms with Crippen LogP contribution in [-0.2, 0) is 0 Å². The molecule has 2 aromatic heterocycles. The maximum absolute atomic E-state index is 12.8. The molecule has 0 aliphatic rings. The van der Waals surface area contributed by atoms with Crippen molar-refractivity contribution in [1.82, 2.24) is 14.6 Å². The maximum Gasteiger partial charge on any atom is 0.291 e. The third-order valence-corrected chi connectivity index (χ3v) is 5.55. The largest absolute Gasteiger partial charge is 0.497 e. The number of rotatable bonds is 7. The monoisotopic (exact) mass is 437 g/mol. The fraction of sp³-hybridized carbons (Fsp3) is 0.261. The highest BCUT2D eigenvalue weighted by molar-refractivity contribution is 7.15. The third-order valence-electron chi connectivity index (χ3n) is 4.59. The maximum atomic E-state index is 12.8. The number of hydrogen-bond acceptors (Lipinski definition) is 7. The Hall–Kier alpha value is -3.39. The van der Waals surface area contributed by atoms with Gasteiger partial charge in [0.2, 0.25) is 4.96 Å². The van der Waals surface area contributed by atoms with Crippen molar-refractivity contribution in [3.05, 3.63) is 62.9 Å². The van der Waals surface area contributed by atoms with Crippen molar-refractivity contribution in [2.45, 2.75) is 13.8 Å². The van der Waals surface area contributed by atoms with E-state index in [1.54, 1.807) is 14.2 Å². The first-order valence-electron chi connectivity index (χ1n) is 9.85. The Bertz CT molecular complexity index is 1310. The van der Waals surface area contributed by atoms with Crippen LogP contribution in [0.25, 0.3) is 22.4 Å². The molecular weight excluding hydrogens is 414 g/mol. The van der Waals surface area contributed by atoms with Crippen molar-refractivity contribution in [2.75, 3.05) is 20.8 Å². The van der Waals surface area contributed by atoms with Crippen LogP contribution in [-0.4, -0.2) is 35.4 Å². The molecule has 160 valence electrons. The summed E-state index contributed by atoms with van der Waals surface area (Å²) < 4.78 is 18.3. The summed E-state index contributed by atoms with van der Waals surface area (Å²) >= 11 is 1.30. The number of aromatic nitrogens is 3. The van der Waals surface area contributed by atoms with E-state index in [1.165, 1.54) is 15.9 Å². The molecule has 0 N–H and O–H groups in total. The first-order chi connectivity index (χ1) is 15.0. The number of benzene rings is 2. The van der Waals surface area contributed by atoms with E-state index in [1.807, 2.05) is 48.5 Å². The Kier molecular flexibility index (Phi) is 5.90. The van der Waals surface area contributed by atoms with Crippen LogP contribution in [0.15, 0.2) is 47.3 Å². The third kappa shape index (κ3) is 4.39. The Balaban J connectivity index is 1.66. The molecule has 0 saturated heterocycles. The van der Waals surface area contributed by atoms with Crippen LogP contribution in [0.2, 0.25) is 0 Å². The van der Waals surface area contributed by atoms with E-state index < -0.39 is 0 Å². The summed E-state index contributed by atoms with van der Waals surface area (Å²) in [6, 6.07) is 13.0. The van der Waals surface area contributed by atoms with Crippen molar-refractivity contribution in [3.8, 4) is 28.6 Å². The molecule has 0 aliphatic carbocycles. The van der Waals surface area contributed by atoms with E-state index in [0.717, 1.165) is 16.9 Å². The fourth-order valence-electron chi connectivity index (χ4n) is 3.00. The second-order valence-corrected chi connectivity index (χ2v) is 8.40. The van der Waals surface area contributed by atoms with Gasteiger partial charge in [-0.2, -0.15) is 9.50 Å². The summed E-state index contributed by atoms with van der Waals surface area (Å²) in [4.78, 5) is 17.9. The summed E-state index contributed by atoms with van der Waals surface area (Å²) in [5.41, 5.74) is 1.46. The lowest BCUT2D eigenvalue weighted by Crippen LogP contribution is -2.23. The highest BCUT2D eigenvalue weighted by atomic mass is 32.1. The van der Waals surface area contributed by atoms with Gasteiger partial charge in [0.25, 0.3) is 5.56 Å². The van der Waals surface area contributed by atoms with Gasteiger partial charge in [-0.3, -0.25) is 4.79 Å². The molecule has 0 spiro atoms. The van der Waals surface area contributed by atoms with Gasteiger partial charge in [-0.1, -0.05) is 31.3 Å². The van der Waals surface area contributed by atoms with Crippen molar-refractivity contribution < 1.29 is 14.2 Å². The van der Waals surface area contributed by atoms with Crippen molar-refractivity contribution in [2.24, 2.45) is 5.92 Å². The van der Waals surface area contributed by atoms with Crippen LogP contribution in [0.3, 0.4) is 0 Å². The molecule has 0 atom stereocenters. The van der Waals surface area contributed by atoms with Crippen molar-refractivity contribution in [3.63, 3.8) is 0 Å². The van der Waals surface area contributed by atoms with Gasteiger partial charge in [-0.25, -0.2) is 0 Å². The average Bonchev–Trinajstić information content (AvgIpc) is 3.32. The van der Waals surface area contributed by atoms with E-state index in [4.69, 9.17) is 14.2 Å². The van der Waals surface area contributed by atoms with E-state index in [9.17, 15) is 4.79 Å². The second-order valence-electron chi connectivity index (χ2n) is 7.39. The van der Waals surface area contributed by atoms with Crippen LogP contribution in [0, 0.1) is 5.92 Å². The lowest BCUT2D eigenvalue weighted by Gasteiger charge is -2.12. The number of ether oxygens (including phenoxy) is 3. The minimum atomic E-state index is -0.202. The number of methoxy groups -OCH3 is 2. The lowest BCUT2D eigenvalue weighted by atomic mass is 10.2. The molecule has 0 aliphatic heterocycles. The van der Waals surface area contributed by atoms with Crippen LogP contribution in [0.5, 0.6) is 17.2 Å². The smallest absolute Gasteiger partial charge is 0.291 e. The van der Waals surface area contributed by atoms with E-state index in [0.29, 0.717) is 39.3 Å². The minimum Gasteiger partial charge on any atom is -0.497 e. The number of hydrogen-bond donors (Lipinski definition) is 0. The zero-order chi connectivity index (χ0) is 22.0. The minimum absolute atomic E-state index is 0.202. The Morgan fingerprint density at radius 1 is 1.06 bits per heavy atom. The molecule has 4 rings (SSSR count). The van der Waals surface area contributed by atoms with Crippen LogP contribution < -0.4 is 24.3 Å². The molecule has 0 amide bonds. The molecule has 31 heavy (non-hydrogen) atoms. The summed E-state index contributed by atoms with van der Waals surface area (Å²) in [6.45, 7) is 4.78. The highest BCUT2D eigenvalue weighted by Gasteiger charge is 2.13. The molecule has 0 fully saturated rings. The first-order valence-corrected chi connectivity index (χ1v) is 10.7. The average molecular weight is 438 g/mol. The van der Waals surface area contributed by atoms with Crippen LogP contribution in [0.4, 0.5) is 0 Å². The number of thiazole rings is 1. The van der Waals surface area contributed by atoms with Gasteiger partial charge in [0, 0.05) is 5.56 Å². The quantitative estimate of drug-likeness (QED) is 0.441. The van der Waals surface area contributed by atoms with Gasteiger partial charge in [0.1, 0.15) is 5.75 Å². The molecule has 0 bridgehead atoms. The lowest BCUT2D eigenvalue weighted by molar-refractivity contribution is 0.257. The molecule has 0 radical (unpaired) electrons. The van der Waals surface area contributed by atoms with E-state index >= 15 is 0 Å². The van der Waals surface area contributed by atoms with E-state index in [2.05, 4.69) is 23.9 Å². The van der Waals surface area contributed by atoms with Gasteiger partial charge < -0.3 is 14.2 Å². The molecule has 0 saturated carbocycles. The zero-order valence-corrected chi connectivity index (χ0v) is 18.6.